The van der Waals surface area contributed by atoms with Crippen molar-refractivity contribution in [2.75, 3.05) is 7.11 Å². The third-order valence-corrected chi connectivity index (χ3v) is 3.72. The zero-order chi connectivity index (χ0) is 11.7. The summed E-state index contributed by atoms with van der Waals surface area (Å²) in [5.74, 6) is -0.417. The molecule has 4 nitrogen and oxygen atoms in total. The molecule has 0 aliphatic carbocycles. The van der Waals surface area contributed by atoms with Crippen molar-refractivity contribution in [3.05, 3.63) is 32.2 Å². The summed E-state index contributed by atoms with van der Waals surface area (Å²) in [6, 6.07) is 0. The number of methoxy groups -OCH3 is 1. The molecule has 0 aliphatic rings. The van der Waals surface area contributed by atoms with E-state index in [2.05, 4.69) is 53.2 Å². The van der Waals surface area contributed by atoms with Gasteiger partial charge in [-0.05, 0) is 38.5 Å². The lowest BCUT2D eigenvalue weighted by Gasteiger charge is -2.05. The summed E-state index contributed by atoms with van der Waals surface area (Å²) in [7, 11) is 1.34. The number of aromatic nitrogens is 2. The Balaban J connectivity index is 2.75. The van der Waals surface area contributed by atoms with Crippen LogP contribution in [0.3, 0.4) is 0 Å². The van der Waals surface area contributed by atoms with Gasteiger partial charge in [0.15, 0.2) is 0 Å². The van der Waals surface area contributed by atoms with Crippen LogP contribution in [0.15, 0.2) is 23.1 Å². The molecule has 82 valence electrons. The SMILES string of the molecule is COC(=O)c1cnc2c(I)cncc2c1Br. The van der Waals surface area contributed by atoms with Crippen molar-refractivity contribution in [1.82, 2.24) is 9.97 Å². The number of fused-ring (bicyclic) bond motifs is 1. The second-order valence-corrected chi connectivity index (χ2v) is 4.95. The van der Waals surface area contributed by atoms with Crippen molar-refractivity contribution in [2.24, 2.45) is 0 Å². The normalized spacial score (nSPS) is 10.4. The van der Waals surface area contributed by atoms with Crippen LogP contribution < -0.4 is 0 Å². The number of hydrogen-bond acceptors (Lipinski definition) is 4. The molecule has 0 N–H and O–H groups in total. The maximum Gasteiger partial charge on any atom is 0.340 e. The maximum atomic E-state index is 11.4. The number of rotatable bonds is 1. The molecule has 2 rings (SSSR count). The highest BCUT2D eigenvalue weighted by molar-refractivity contribution is 14.1. The molecule has 0 saturated heterocycles. The molecule has 16 heavy (non-hydrogen) atoms. The fourth-order valence-corrected chi connectivity index (χ4v) is 2.45. The van der Waals surface area contributed by atoms with Crippen LogP contribution in [0.25, 0.3) is 10.9 Å². The molecular weight excluding hydrogens is 387 g/mol. The Kier molecular flexibility index (Phi) is 3.38. The van der Waals surface area contributed by atoms with Crippen molar-refractivity contribution in [3.63, 3.8) is 0 Å². The minimum absolute atomic E-state index is 0.402. The van der Waals surface area contributed by atoms with E-state index in [4.69, 9.17) is 0 Å². The molecule has 0 spiro atoms. The third-order valence-electron chi connectivity index (χ3n) is 2.07. The largest absolute Gasteiger partial charge is 0.465 e. The van der Waals surface area contributed by atoms with Crippen LogP contribution in [0.5, 0.6) is 0 Å². The predicted molar refractivity (Wildman–Crippen MR) is 71.3 cm³/mol. The van der Waals surface area contributed by atoms with Crippen molar-refractivity contribution in [1.29, 1.82) is 0 Å². The Bertz CT molecular complexity index is 574. The number of carbonyl (C=O) groups excluding carboxylic acids is 1. The number of carbonyl (C=O) groups is 1. The van der Waals surface area contributed by atoms with Crippen molar-refractivity contribution in [3.8, 4) is 0 Å². The van der Waals surface area contributed by atoms with Crippen LogP contribution >= 0.6 is 38.5 Å². The van der Waals surface area contributed by atoms with E-state index in [1.165, 1.54) is 13.3 Å². The van der Waals surface area contributed by atoms with E-state index < -0.39 is 5.97 Å². The molecule has 0 fully saturated rings. The second kappa shape index (κ2) is 4.62. The highest BCUT2D eigenvalue weighted by Crippen LogP contribution is 2.28. The average molecular weight is 393 g/mol. The molecule has 0 radical (unpaired) electrons. The molecule has 0 unspecified atom stereocenters. The van der Waals surface area contributed by atoms with E-state index in [0.717, 1.165) is 14.5 Å². The lowest BCUT2D eigenvalue weighted by Crippen LogP contribution is -2.04. The average Bonchev–Trinajstić information content (AvgIpc) is 2.30. The second-order valence-electron chi connectivity index (χ2n) is 2.99. The van der Waals surface area contributed by atoms with Gasteiger partial charge in [-0.1, -0.05) is 0 Å². The lowest BCUT2D eigenvalue weighted by atomic mass is 10.2. The van der Waals surface area contributed by atoms with Gasteiger partial charge in [-0.15, -0.1) is 0 Å². The minimum Gasteiger partial charge on any atom is -0.465 e. The fourth-order valence-electron chi connectivity index (χ4n) is 1.30. The van der Waals surface area contributed by atoms with Gasteiger partial charge in [0.1, 0.15) is 0 Å². The molecule has 0 atom stereocenters. The molecule has 0 amide bonds. The molecule has 2 aromatic rings. The van der Waals surface area contributed by atoms with Crippen LogP contribution in [0.2, 0.25) is 0 Å². The van der Waals surface area contributed by atoms with Gasteiger partial charge in [0.05, 0.1) is 21.8 Å². The van der Waals surface area contributed by atoms with Crippen LogP contribution in [0, 0.1) is 3.57 Å². The van der Waals surface area contributed by atoms with Crippen LogP contribution in [-0.4, -0.2) is 23.0 Å². The van der Waals surface area contributed by atoms with Gasteiger partial charge in [0.25, 0.3) is 0 Å². The Morgan fingerprint density at radius 2 is 2.19 bits per heavy atom. The third kappa shape index (κ3) is 1.91. The van der Waals surface area contributed by atoms with E-state index in [-0.39, 0.29) is 0 Å². The van der Waals surface area contributed by atoms with Crippen LogP contribution in [0.4, 0.5) is 0 Å². The number of halogens is 2. The first-order chi connectivity index (χ1) is 7.65. The van der Waals surface area contributed by atoms with Gasteiger partial charge in [0, 0.05) is 28.4 Å². The number of nitrogens with zero attached hydrogens (tertiary/aromatic N) is 2. The first-order valence-electron chi connectivity index (χ1n) is 4.31. The minimum atomic E-state index is -0.417. The summed E-state index contributed by atoms with van der Waals surface area (Å²) >= 11 is 5.52. The molecule has 6 heteroatoms. The lowest BCUT2D eigenvalue weighted by molar-refractivity contribution is 0.0599. The number of ether oxygens (including phenoxy) is 1. The monoisotopic (exact) mass is 392 g/mol. The Morgan fingerprint density at radius 3 is 2.88 bits per heavy atom. The molecule has 0 bridgehead atoms. The maximum absolute atomic E-state index is 11.4. The van der Waals surface area contributed by atoms with Crippen molar-refractivity contribution >= 4 is 55.4 Å². The van der Waals surface area contributed by atoms with E-state index >= 15 is 0 Å². The number of hydrogen-bond donors (Lipinski definition) is 0. The molecule has 0 aromatic carbocycles. The zero-order valence-electron chi connectivity index (χ0n) is 8.20. The van der Waals surface area contributed by atoms with Gasteiger partial charge < -0.3 is 4.74 Å². The van der Waals surface area contributed by atoms with Gasteiger partial charge in [0.2, 0.25) is 0 Å². The standard InChI is InChI=1S/C10H6BrIN2O2/c1-16-10(15)6-3-14-9-5(8(6)11)2-13-4-7(9)12/h2-4H,1H3. The van der Waals surface area contributed by atoms with E-state index in [9.17, 15) is 4.79 Å². The highest BCUT2D eigenvalue weighted by atomic mass is 127. The smallest absolute Gasteiger partial charge is 0.340 e. The van der Waals surface area contributed by atoms with Gasteiger partial charge >= 0.3 is 5.97 Å². The van der Waals surface area contributed by atoms with Crippen LogP contribution in [-0.2, 0) is 4.74 Å². The summed E-state index contributed by atoms with van der Waals surface area (Å²) in [6.07, 6.45) is 4.89. The topological polar surface area (TPSA) is 52.1 Å². The molecule has 0 aliphatic heterocycles. The summed E-state index contributed by atoms with van der Waals surface area (Å²) < 4.78 is 6.26. The first-order valence-corrected chi connectivity index (χ1v) is 6.18. The fraction of sp³-hybridized carbons (Fsp3) is 0.100. The first kappa shape index (κ1) is 11.7. The highest BCUT2D eigenvalue weighted by Gasteiger charge is 2.14. The van der Waals surface area contributed by atoms with Crippen molar-refractivity contribution in [2.45, 2.75) is 0 Å². The van der Waals surface area contributed by atoms with E-state index in [0.29, 0.717) is 10.0 Å². The Morgan fingerprint density at radius 1 is 1.44 bits per heavy atom. The van der Waals surface area contributed by atoms with E-state index in [1.807, 2.05) is 0 Å². The summed E-state index contributed by atoms with van der Waals surface area (Å²) in [6.45, 7) is 0. The Hall–Kier alpha value is -0.760. The zero-order valence-corrected chi connectivity index (χ0v) is 11.9. The number of esters is 1. The molecule has 2 heterocycles. The molecular formula is C10H6BrIN2O2. The quantitative estimate of drug-likeness (QED) is 0.553. The van der Waals surface area contributed by atoms with E-state index in [1.54, 1.807) is 12.4 Å². The number of pyridine rings is 2. The predicted octanol–water partition coefficient (Wildman–Crippen LogP) is 2.78. The van der Waals surface area contributed by atoms with Crippen LogP contribution in [0.1, 0.15) is 10.4 Å². The van der Waals surface area contributed by atoms with Gasteiger partial charge in [-0.2, -0.15) is 0 Å². The van der Waals surface area contributed by atoms with Crippen molar-refractivity contribution < 1.29 is 9.53 Å². The summed E-state index contributed by atoms with van der Waals surface area (Å²) in [5, 5.41) is 0.801. The summed E-state index contributed by atoms with van der Waals surface area (Å²) in [5.41, 5.74) is 1.22. The Labute approximate surface area is 114 Å². The summed E-state index contributed by atoms with van der Waals surface area (Å²) in [4.78, 5) is 19.8. The molecule has 0 saturated carbocycles. The van der Waals surface area contributed by atoms with Gasteiger partial charge in [-0.3, -0.25) is 9.97 Å². The van der Waals surface area contributed by atoms with Gasteiger partial charge in [-0.25, -0.2) is 4.79 Å². The molecule has 2 aromatic heterocycles.